The number of carbonyl (C=O) groups is 2. The van der Waals surface area contributed by atoms with Gasteiger partial charge in [0.2, 0.25) is 5.91 Å². The molecule has 1 amide bonds. The normalized spacial score (nSPS) is 11.2. The van der Waals surface area contributed by atoms with Crippen LogP contribution in [0.4, 0.5) is 0 Å². The van der Waals surface area contributed by atoms with Crippen LogP contribution in [0, 0.1) is 0 Å². The summed E-state index contributed by atoms with van der Waals surface area (Å²) in [6, 6.07) is 0. The molecular formula is C11H22N2O3. The molecule has 0 rings (SSSR count). The molecule has 0 heterocycles. The molecule has 0 aromatic rings. The topological polar surface area (TPSA) is 78.4 Å². The van der Waals surface area contributed by atoms with Gasteiger partial charge in [0, 0.05) is 13.0 Å². The van der Waals surface area contributed by atoms with Gasteiger partial charge in [-0.15, -0.1) is 0 Å². The molecule has 0 radical (unpaired) electrons. The van der Waals surface area contributed by atoms with Crippen molar-refractivity contribution < 1.29 is 14.7 Å². The standard InChI is InChI=1S/C11H22N2O3/c1-4-11(5-2,10(15)16)13-9(14)7-8-12-6-3/h12H,4-8H2,1-3H3,(H,13,14)(H,15,16). The summed E-state index contributed by atoms with van der Waals surface area (Å²) in [6.07, 6.45) is 1.10. The Labute approximate surface area is 96.6 Å². The largest absolute Gasteiger partial charge is 0.480 e. The van der Waals surface area contributed by atoms with Gasteiger partial charge in [-0.2, -0.15) is 0 Å². The highest BCUT2D eigenvalue weighted by Gasteiger charge is 2.35. The van der Waals surface area contributed by atoms with Crippen LogP contribution in [0.25, 0.3) is 0 Å². The zero-order chi connectivity index (χ0) is 12.6. The molecule has 5 nitrogen and oxygen atoms in total. The van der Waals surface area contributed by atoms with Crippen molar-refractivity contribution in [3.05, 3.63) is 0 Å². The lowest BCUT2D eigenvalue weighted by Gasteiger charge is -2.28. The molecule has 0 aliphatic carbocycles. The third kappa shape index (κ3) is 4.18. The van der Waals surface area contributed by atoms with Crippen molar-refractivity contribution in [3.8, 4) is 0 Å². The van der Waals surface area contributed by atoms with Crippen LogP contribution < -0.4 is 10.6 Å². The second-order valence-corrected chi connectivity index (χ2v) is 3.75. The number of carboxylic acids is 1. The molecule has 0 spiro atoms. The van der Waals surface area contributed by atoms with E-state index in [2.05, 4.69) is 10.6 Å². The fourth-order valence-corrected chi connectivity index (χ4v) is 1.49. The van der Waals surface area contributed by atoms with Crippen molar-refractivity contribution in [1.29, 1.82) is 0 Å². The van der Waals surface area contributed by atoms with Crippen molar-refractivity contribution in [2.24, 2.45) is 0 Å². The van der Waals surface area contributed by atoms with Gasteiger partial charge in [-0.05, 0) is 19.4 Å². The molecule has 0 aliphatic heterocycles. The first-order valence-corrected chi connectivity index (χ1v) is 5.77. The summed E-state index contributed by atoms with van der Waals surface area (Å²) in [4.78, 5) is 22.7. The van der Waals surface area contributed by atoms with Crippen LogP contribution in [0.3, 0.4) is 0 Å². The fraction of sp³-hybridized carbons (Fsp3) is 0.818. The second kappa shape index (κ2) is 7.22. The molecule has 5 heteroatoms. The zero-order valence-corrected chi connectivity index (χ0v) is 10.3. The van der Waals surface area contributed by atoms with Crippen LogP contribution in [-0.4, -0.2) is 35.6 Å². The van der Waals surface area contributed by atoms with Crippen LogP contribution in [0.15, 0.2) is 0 Å². The molecule has 16 heavy (non-hydrogen) atoms. The first kappa shape index (κ1) is 14.9. The highest BCUT2D eigenvalue weighted by Crippen LogP contribution is 2.15. The highest BCUT2D eigenvalue weighted by atomic mass is 16.4. The molecule has 0 aliphatic rings. The summed E-state index contributed by atoms with van der Waals surface area (Å²) >= 11 is 0. The van der Waals surface area contributed by atoms with Gasteiger partial charge in [-0.3, -0.25) is 4.79 Å². The van der Waals surface area contributed by atoms with E-state index in [-0.39, 0.29) is 5.91 Å². The molecule has 0 fully saturated rings. The van der Waals surface area contributed by atoms with Crippen molar-refractivity contribution in [2.45, 2.75) is 45.6 Å². The Kier molecular flexibility index (Phi) is 6.72. The van der Waals surface area contributed by atoms with Gasteiger partial charge in [0.15, 0.2) is 0 Å². The molecule has 0 bridgehead atoms. The van der Waals surface area contributed by atoms with Crippen LogP contribution in [0.5, 0.6) is 0 Å². The number of hydrogen-bond donors (Lipinski definition) is 3. The quantitative estimate of drug-likeness (QED) is 0.538. The van der Waals surface area contributed by atoms with Crippen LogP contribution in [0.1, 0.15) is 40.0 Å². The number of hydrogen-bond acceptors (Lipinski definition) is 3. The SMILES string of the molecule is CCNCCC(=O)NC(CC)(CC)C(=O)O. The summed E-state index contributed by atoms with van der Waals surface area (Å²) in [6.45, 7) is 6.87. The summed E-state index contributed by atoms with van der Waals surface area (Å²) in [5, 5.41) is 14.7. The van der Waals surface area contributed by atoms with Crippen molar-refractivity contribution in [3.63, 3.8) is 0 Å². The van der Waals surface area contributed by atoms with E-state index in [1.807, 2.05) is 6.92 Å². The van der Waals surface area contributed by atoms with Gasteiger partial charge in [0.25, 0.3) is 0 Å². The fourth-order valence-electron chi connectivity index (χ4n) is 1.49. The maximum absolute atomic E-state index is 11.5. The van der Waals surface area contributed by atoms with Gasteiger partial charge >= 0.3 is 5.97 Å². The molecule has 3 N–H and O–H groups in total. The van der Waals surface area contributed by atoms with Gasteiger partial charge in [-0.25, -0.2) is 4.79 Å². The monoisotopic (exact) mass is 230 g/mol. The molecular weight excluding hydrogens is 208 g/mol. The van der Waals surface area contributed by atoms with E-state index >= 15 is 0 Å². The minimum atomic E-state index is -1.11. The lowest BCUT2D eigenvalue weighted by molar-refractivity contribution is -0.148. The second-order valence-electron chi connectivity index (χ2n) is 3.75. The molecule has 0 saturated heterocycles. The maximum atomic E-state index is 11.5. The van der Waals surface area contributed by atoms with Crippen molar-refractivity contribution in [2.75, 3.05) is 13.1 Å². The lowest BCUT2D eigenvalue weighted by Crippen LogP contribution is -2.54. The van der Waals surface area contributed by atoms with E-state index in [1.54, 1.807) is 13.8 Å². The Hall–Kier alpha value is -1.10. The first-order valence-electron chi connectivity index (χ1n) is 5.77. The first-order chi connectivity index (χ1) is 7.52. The van der Waals surface area contributed by atoms with E-state index < -0.39 is 11.5 Å². The minimum absolute atomic E-state index is 0.216. The van der Waals surface area contributed by atoms with E-state index in [0.717, 1.165) is 6.54 Å². The van der Waals surface area contributed by atoms with E-state index in [9.17, 15) is 9.59 Å². The van der Waals surface area contributed by atoms with Crippen molar-refractivity contribution >= 4 is 11.9 Å². The third-order valence-electron chi connectivity index (χ3n) is 2.77. The molecule has 0 aromatic heterocycles. The highest BCUT2D eigenvalue weighted by molar-refractivity contribution is 5.86. The summed E-state index contributed by atoms with van der Waals surface area (Å²) in [5.41, 5.74) is -1.11. The van der Waals surface area contributed by atoms with Crippen molar-refractivity contribution in [1.82, 2.24) is 10.6 Å². The zero-order valence-electron chi connectivity index (χ0n) is 10.3. The van der Waals surface area contributed by atoms with E-state index in [4.69, 9.17) is 5.11 Å². The Balaban J connectivity index is 4.29. The molecule has 0 unspecified atom stereocenters. The Morgan fingerprint density at radius 2 is 1.75 bits per heavy atom. The summed E-state index contributed by atoms with van der Waals surface area (Å²) in [5.74, 6) is -1.18. The van der Waals surface area contributed by atoms with Crippen LogP contribution >= 0.6 is 0 Å². The average Bonchev–Trinajstić information content (AvgIpc) is 2.26. The number of nitrogens with one attached hydrogen (secondary N) is 2. The molecule has 0 atom stereocenters. The maximum Gasteiger partial charge on any atom is 0.329 e. The molecule has 0 saturated carbocycles. The number of carboxylic acid groups (broad SMARTS) is 1. The number of aliphatic carboxylic acids is 1. The Morgan fingerprint density at radius 1 is 1.19 bits per heavy atom. The predicted octanol–water partition coefficient (Wildman–Crippen LogP) is 0.746. The van der Waals surface area contributed by atoms with Gasteiger partial charge in [-0.1, -0.05) is 20.8 Å². The Bertz CT molecular complexity index is 237. The molecule has 0 aromatic carbocycles. The smallest absolute Gasteiger partial charge is 0.329 e. The van der Waals surface area contributed by atoms with Gasteiger partial charge < -0.3 is 15.7 Å². The minimum Gasteiger partial charge on any atom is -0.480 e. The average molecular weight is 230 g/mol. The van der Waals surface area contributed by atoms with E-state index in [1.165, 1.54) is 0 Å². The third-order valence-corrected chi connectivity index (χ3v) is 2.77. The number of carbonyl (C=O) groups excluding carboxylic acids is 1. The molecule has 94 valence electrons. The van der Waals surface area contributed by atoms with Gasteiger partial charge in [0.05, 0.1) is 0 Å². The van der Waals surface area contributed by atoms with Gasteiger partial charge in [0.1, 0.15) is 5.54 Å². The number of rotatable bonds is 8. The number of amides is 1. The summed E-state index contributed by atoms with van der Waals surface area (Å²) < 4.78 is 0. The predicted molar refractivity (Wildman–Crippen MR) is 62.3 cm³/mol. The van der Waals surface area contributed by atoms with Crippen LogP contribution in [-0.2, 0) is 9.59 Å². The van der Waals surface area contributed by atoms with E-state index in [0.29, 0.717) is 25.8 Å². The summed E-state index contributed by atoms with van der Waals surface area (Å²) in [7, 11) is 0. The Morgan fingerprint density at radius 3 is 2.12 bits per heavy atom. The lowest BCUT2D eigenvalue weighted by atomic mass is 9.93. The van der Waals surface area contributed by atoms with Crippen LogP contribution in [0.2, 0.25) is 0 Å².